The molecule has 1 saturated carbocycles. The molecule has 1 amide bonds. The number of esters is 1. The molecule has 15 atom stereocenters. The fourth-order valence-corrected chi connectivity index (χ4v) is 10.5. The molecule has 0 radical (unpaired) electrons. The first-order valence-electron chi connectivity index (χ1n) is 25.0. The number of cyclic esters (lactones) is 1. The van der Waals surface area contributed by atoms with E-state index in [1.807, 2.05) is 58.1 Å². The maximum absolute atomic E-state index is 14.5. The van der Waals surface area contributed by atoms with Gasteiger partial charge in [-0.15, -0.1) is 0 Å². The van der Waals surface area contributed by atoms with Crippen molar-refractivity contribution in [2.75, 3.05) is 41.1 Å². The van der Waals surface area contributed by atoms with Gasteiger partial charge in [0.15, 0.2) is 5.78 Å². The van der Waals surface area contributed by atoms with Crippen LogP contribution in [0.25, 0.3) is 0 Å². The number of Topliss-reactive ketones (excluding diaryl/α,β-unsaturated/α-hetero) is 3. The Hall–Kier alpha value is -3.41. The zero-order valence-electron chi connectivity index (χ0n) is 42.4. The quantitative estimate of drug-likeness (QED) is 0.134. The molecule has 0 aromatic heterocycles. The number of nitrogens with zero attached hydrogens (tertiary/aromatic N) is 1. The Morgan fingerprint density at radius 1 is 0.853 bits per heavy atom. The number of fused-ring (bicyclic) bond motifs is 3. The lowest BCUT2D eigenvalue weighted by Gasteiger charge is -2.42. The Morgan fingerprint density at radius 2 is 1.59 bits per heavy atom. The van der Waals surface area contributed by atoms with E-state index in [2.05, 4.69) is 0 Å². The van der Waals surface area contributed by atoms with E-state index in [4.69, 9.17) is 28.4 Å². The molecule has 2 bridgehead atoms. The minimum Gasteiger partial charge on any atom is -0.460 e. The van der Waals surface area contributed by atoms with Crippen LogP contribution in [0, 0.1) is 35.5 Å². The zero-order chi connectivity index (χ0) is 50.3. The van der Waals surface area contributed by atoms with Gasteiger partial charge in [0.05, 0.1) is 37.6 Å². The van der Waals surface area contributed by atoms with Gasteiger partial charge in [-0.25, -0.2) is 4.79 Å². The maximum atomic E-state index is 14.5. The lowest BCUT2D eigenvalue weighted by atomic mass is 9.78. The van der Waals surface area contributed by atoms with E-state index >= 15 is 0 Å². The van der Waals surface area contributed by atoms with E-state index in [-0.39, 0.29) is 74.1 Å². The molecule has 0 unspecified atom stereocenters. The molecule has 15 heteroatoms. The first-order valence-corrected chi connectivity index (χ1v) is 25.0. The lowest BCUT2D eigenvalue weighted by Crippen LogP contribution is -2.61. The number of hydrogen-bond donors (Lipinski definition) is 3. The minimum absolute atomic E-state index is 0.0158. The summed E-state index contributed by atoms with van der Waals surface area (Å²) in [5.41, 5.74) is 1.26. The van der Waals surface area contributed by atoms with E-state index in [1.165, 1.54) is 12.0 Å². The molecule has 3 fully saturated rings. The summed E-state index contributed by atoms with van der Waals surface area (Å²) >= 11 is 0. The predicted octanol–water partition coefficient (Wildman–Crippen LogP) is 6.20. The van der Waals surface area contributed by atoms with Crippen molar-refractivity contribution in [3.05, 3.63) is 47.6 Å². The number of methoxy groups -OCH3 is 3. The van der Waals surface area contributed by atoms with Crippen molar-refractivity contribution in [3.63, 3.8) is 0 Å². The number of amides is 1. The highest BCUT2D eigenvalue weighted by atomic mass is 16.6. The molecule has 4 rings (SSSR count). The van der Waals surface area contributed by atoms with Crippen molar-refractivity contribution in [2.45, 2.75) is 180 Å². The van der Waals surface area contributed by atoms with E-state index in [0.717, 1.165) is 12.0 Å². The Kier molecular flexibility index (Phi) is 22.9. The standard InChI is InChI=1S/C53H83NO14/c1-32-16-12-11-13-17-33(2)44(63-8)30-40-21-19-38(7)53(62,68-40)50(59)51(60)54-23-15-14-18-41(54)52(61)67-45(35(4)28-39-20-22-43(66-25-24-55)46(29-39)64-9)31-42(56)34(3)27-37(6)48(58)49(65-10)47(57)36(5)26-32/h11-13,16-17,27,32,34-36,38-41,43-46,48-49,55,58,62H,14-15,18-26,28-31H2,1-10H3/b13-11?,16-12+,33-17?,37-27+/t32-,34-,35-,36+,38-,39+,40+,41+,43-,44+,45+,46-,48-,49+,53-/m1/s1. The monoisotopic (exact) mass is 958 g/mol. The van der Waals surface area contributed by atoms with Gasteiger partial charge in [-0.3, -0.25) is 19.2 Å². The van der Waals surface area contributed by atoms with Gasteiger partial charge in [-0.05, 0) is 107 Å². The highest BCUT2D eigenvalue weighted by Crippen LogP contribution is 2.38. The Morgan fingerprint density at radius 3 is 2.26 bits per heavy atom. The summed E-state index contributed by atoms with van der Waals surface area (Å²) in [6.45, 7) is 12.9. The van der Waals surface area contributed by atoms with Crippen LogP contribution in [0.4, 0.5) is 0 Å². The summed E-state index contributed by atoms with van der Waals surface area (Å²) < 4.78 is 35.6. The second-order valence-corrected chi connectivity index (χ2v) is 20.2. The molecule has 68 heavy (non-hydrogen) atoms. The van der Waals surface area contributed by atoms with Gasteiger partial charge >= 0.3 is 5.97 Å². The number of ketones is 3. The molecule has 0 aromatic rings. The molecule has 3 N–H and O–H groups in total. The van der Waals surface area contributed by atoms with Crippen LogP contribution in [0.5, 0.6) is 0 Å². The van der Waals surface area contributed by atoms with Gasteiger partial charge in [0.1, 0.15) is 30.1 Å². The summed E-state index contributed by atoms with van der Waals surface area (Å²) in [4.78, 5) is 72.1. The lowest BCUT2D eigenvalue weighted by molar-refractivity contribution is -0.265. The zero-order valence-corrected chi connectivity index (χ0v) is 42.4. The van der Waals surface area contributed by atoms with Gasteiger partial charge in [-0.2, -0.15) is 0 Å². The Bertz CT molecular complexity index is 1810. The fraction of sp³-hybridized carbons (Fsp3) is 0.755. The van der Waals surface area contributed by atoms with Gasteiger partial charge < -0.3 is 48.6 Å². The van der Waals surface area contributed by atoms with E-state index in [9.17, 15) is 39.3 Å². The average Bonchev–Trinajstić information content (AvgIpc) is 3.32. The van der Waals surface area contributed by atoms with Crippen molar-refractivity contribution >= 4 is 29.2 Å². The van der Waals surface area contributed by atoms with E-state index in [1.54, 1.807) is 41.1 Å². The number of hydrogen-bond acceptors (Lipinski definition) is 14. The summed E-state index contributed by atoms with van der Waals surface area (Å²) in [5.74, 6) is -7.96. The second-order valence-electron chi connectivity index (χ2n) is 20.2. The number of aliphatic hydroxyl groups is 3. The average molecular weight is 958 g/mol. The predicted molar refractivity (Wildman–Crippen MR) is 256 cm³/mol. The van der Waals surface area contributed by atoms with Gasteiger partial charge in [0.25, 0.3) is 11.7 Å². The van der Waals surface area contributed by atoms with Crippen LogP contribution >= 0.6 is 0 Å². The molecule has 0 aromatic carbocycles. The van der Waals surface area contributed by atoms with Crippen molar-refractivity contribution in [3.8, 4) is 0 Å². The second kappa shape index (κ2) is 27.3. The fourth-order valence-electron chi connectivity index (χ4n) is 10.5. The molecule has 15 nitrogen and oxygen atoms in total. The molecule has 4 aliphatic rings. The van der Waals surface area contributed by atoms with Crippen LogP contribution < -0.4 is 0 Å². The summed E-state index contributed by atoms with van der Waals surface area (Å²) in [5, 5.41) is 32.8. The largest absolute Gasteiger partial charge is 0.460 e. The normalized spacial score (nSPS) is 37.9. The summed E-state index contributed by atoms with van der Waals surface area (Å²) in [6.07, 6.45) is 12.0. The maximum Gasteiger partial charge on any atom is 0.329 e. The molecular weight excluding hydrogens is 875 g/mol. The number of carbonyl (C=O) groups is 5. The third-order valence-electron chi connectivity index (χ3n) is 14.9. The Labute approximate surface area is 405 Å². The third kappa shape index (κ3) is 15.3. The van der Waals surface area contributed by atoms with Crippen molar-refractivity contribution < 1.29 is 67.7 Å². The summed E-state index contributed by atoms with van der Waals surface area (Å²) in [7, 11) is 4.58. The first kappa shape index (κ1) is 57.2. The van der Waals surface area contributed by atoms with E-state index in [0.29, 0.717) is 63.4 Å². The smallest absolute Gasteiger partial charge is 0.329 e. The minimum atomic E-state index is -2.43. The molecule has 2 saturated heterocycles. The highest BCUT2D eigenvalue weighted by Gasteiger charge is 2.53. The van der Waals surface area contributed by atoms with Gasteiger partial charge in [0.2, 0.25) is 5.79 Å². The summed E-state index contributed by atoms with van der Waals surface area (Å²) in [6, 6.07) is -1.14. The van der Waals surface area contributed by atoms with Crippen LogP contribution in [-0.2, 0) is 52.4 Å². The SMILES string of the molecule is CO[C@H]1C[C@@H]2CC[C@@H](C)[C@@](O)(O2)C(=O)C(=O)N2CCCC[C@H]2C(=O)O[C@H]([C@H](C)C[C@@H]2CC[C@@H](OCCO)[C@H](OC)C2)CC(=O)[C@H](C)/C=C(\C)[C@@H](O)[C@@H](OC)C(=O)[C@@H](C)C[C@H](C)/C=C/C=CC=C1C. The Balaban J connectivity index is 1.70. The topological polar surface area (TPSA) is 205 Å². The number of ether oxygens (including phenoxy) is 6. The number of piperidine rings is 1. The van der Waals surface area contributed by atoms with E-state index < -0.39 is 77.8 Å². The van der Waals surface area contributed by atoms with Crippen LogP contribution in [-0.4, -0.2) is 145 Å². The van der Waals surface area contributed by atoms with Crippen LogP contribution in [0.15, 0.2) is 47.6 Å². The number of allylic oxidation sites excluding steroid dienone is 6. The highest BCUT2D eigenvalue weighted by molar-refractivity contribution is 6.39. The van der Waals surface area contributed by atoms with Gasteiger partial charge in [-0.1, -0.05) is 71.1 Å². The molecule has 3 heterocycles. The number of aliphatic hydroxyl groups excluding tert-OH is 2. The number of carbonyl (C=O) groups excluding carboxylic acids is 5. The molecular formula is C53H83NO14. The molecule has 384 valence electrons. The van der Waals surface area contributed by atoms with Crippen molar-refractivity contribution in [1.82, 2.24) is 4.90 Å². The molecule has 1 aliphatic carbocycles. The van der Waals surface area contributed by atoms with Crippen LogP contribution in [0.3, 0.4) is 0 Å². The molecule has 3 aliphatic heterocycles. The number of rotatable bonds is 9. The van der Waals surface area contributed by atoms with Crippen molar-refractivity contribution in [1.29, 1.82) is 0 Å². The molecule has 0 spiro atoms. The van der Waals surface area contributed by atoms with Crippen LogP contribution in [0.2, 0.25) is 0 Å². The first-order chi connectivity index (χ1) is 32.3. The van der Waals surface area contributed by atoms with Gasteiger partial charge in [0, 0.05) is 58.5 Å². The third-order valence-corrected chi connectivity index (χ3v) is 14.9. The van der Waals surface area contributed by atoms with Crippen LogP contribution in [0.1, 0.15) is 126 Å². The van der Waals surface area contributed by atoms with Crippen molar-refractivity contribution in [2.24, 2.45) is 35.5 Å².